The van der Waals surface area contributed by atoms with Gasteiger partial charge in [0.1, 0.15) is 0 Å². The van der Waals surface area contributed by atoms with Crippen LogP contribution in [0.25, 0.3) is 0 Å². The Morgan fingerprint density at radius 1 is 1.53 bits per heavy atom. The van der Waals surface area contributed by atoms with E-state index in [1.54, 1.807) is 10.6 Å². The normalized spacial score (nSPS) is 18.5. The van der Waals surface area contributed by atoms with Gasteiger partial charge in [-0.1, -0.05) is 6.07 Å². The summed E-state index contributed by atoms with van der Waals surface area (Å²) < 4.78 is 6.88. The van der Waals surface area contributed by atoms with E-state index >= 15 is 0 Å². The fourth-order valence-corrected chi connectivity index (χ4v) is 2.21. The maximum Gasteiger partial charge on any atom is 0.250 e. The number of ether oxygens (including phenoxy) is 1. The zero-order valence-electron chi connectivity index (χ0n) is 11.2. The molecule has 0 saturated carbocycles. The average molecular weight is 264 g/mol. The molecule has 0 aromatic carbocycles. The van der Waals surface area contributed by atoms with E-state index in [0.717, 1.165) is 25.3 Å². The molecule has 0 unspecified atom stereocenters. The van der Waals surface area contributed by atoms with Gasteiger partial charge in [0.05, 0.1) is 6.61 Å². The molecule has 2 heterocycles. The standard InChI is InChI=1S/C14H20N2O3/c1-11-3-2-4-14(18)16(11)7-5-13(17)15-9-12-6-8-19-10-12/h2-4,12H,5-10H2,1H3,(H,15,17)/t12-/m1/s1. The van der Waals surface area contributed by atoms with Crippen LogP contribution >= 0.6 is 0 Å². The molecular weight excluding hydrogens is 244 g/mol. The molecule has 1 fully saturated rings. The minimum Gasteiger partial charge on any atom is -0.381 e. The highest BCUT2D eigenvalue weighted by molar-refractivity contribution is 5.75. The molecular formula is C14H20N2O3. The van der Waals surface area contributed by atoms with Crippen LogP contribution in [-0.2, 0) is 16.1 Å². The van der Waals surface area contributed by atoms with E-state index in [4.69, 9.17) is 4.74 Å². The van der Waals surface area contributed by atoms with Gasteiger partial charge >= 0.3 is 0 Å². The predicted molar refractivity (Wildman–Crippen MR) is 72.0 cm³/mol. The van der Waals surface area contributed by atoms with E-state index in [9.17, 15) is 9.59 Å². The lowest BCUT2D eigenvalue weighted by Crippen LogP contribution is -2.31. The first-order chi connectivity index (χ1) is 9.16. The van der Waals surface area contributed by atoms with Crippen LogP contribution in [0.3, 0.4) is 0 Å². The Balaban J connectivity index is 1.78. The van der Waals surface area contributed by atoms with Gasteiger partial charge in [-0.25, -0.2) is 0 Å². The first kappa shape index (κ1) is 13.8. The lowest BCUT2D eigenvalue weighted by atomic mass is 10.1. The lowest BCUT2D eigenvalue weighted by Gasteiger charge is -2.11. The van der Waals surface area contributed by atoms with E-state index in [-0.39, 0.29) is 11.5 Å². The third-order valence-corrected chi connectivity index (χ3v) is 3.44. The Morgan fingerprint density at radius 2 is 2.37 bits per heavy atom. The van der Waals surface area contributed by atoms with Crippen molar-refractivity contribution in [3.05, 3.63) is 34.2 Å². The van der Waals surface area contributed by atoms with Crippen LogP contribution in [0.5, 0.6) is 0 Å². The number of nitrogens with one attached hydrogen (secondary N) is 1. The van der Waals surface area contributed by atoms with Crippen molar-refractivity contribution in [1.82, 2.24) is 9.88 Å². The van der Waals surface area contributed by atoms with Crippen LogP contribution in [0.4, 0.5) is 0 Å². The number of aromatic nitrogens is 1. The number of carbonyl (C=O) groups excluding carboxylic acids is 1. The van der Waals surface area contributed by atoms with Gasteiger partial charge in [-0.05, 0) is 19.4 Å². The SMILES string of the molecule is Cc1cccc(=O)n1CCC(=O)NC[C@H]1CCOC1. The Hall–Kier alpha value is -1.62. The van der Waals surface area contributed by atoms with Gasteiger partial charge in [-0.15, -0.1) is 0 Å². The van der Waals surface area contributed by atoms with Crippen LogP contribution in [0, 0.1) is 12.8 Å². The molecule has 1 amide bonds. The Kier molecular flexibility index (Phi) is 4.74. The van der Waals surface area contributed by atoms with Crippen LogP contribution in [0.2, 0.25) is 0 Å². The fraction of sp³-hybridized carbons (Fsp3) is 0.571. The maximum atomic E-state index is 11.7. The van der Waals surface area contributed by atoms with Gasteiger partial charge in [-0.2, -0.15) is 0 Å². The number of hydrogen-bond donors (Lipinski definition) is 1. The highest BCUT2D eigenvalue weighted by atomic mass is 16.5. The van der Waals surface area contributed by atoms with E-state index in [2.05, 4.69) is 5.32 Å². The fourth-order valence-electron chi connectivity index (χ4n) is 2.21. The van der Waals surface area contributed by atoms with Gasteiger partial charge in [0.2, 0.25) is 5.91 Å². The van der Waals surface area contributed by atoms with Crippen molar-refractivity contribution in [2.45, 2.75) is 26.3 Å². The molecule has 5 nitrogen and oxygen atoms in total. The van der Waals surface area contributed by atoms with Crippen molar-refractivity contribution >= 4 is 5.91 Å². The van der Waals surface area contributed by atoms with Gasteiger partial charge < -0.3 is 14.6 Å². The molecule has 19 heavy (non-hydrogen) atoms. The third-order valence-electron chi connectivity index (χ3n) is 3.44. The highest BCUT2D eigenvalue weighted by Crippen LogP contribution is 2.10. The smallest absolute Gasteiger partial charge is 0.250 e. The summed E-state index contributed by atoms with van der Waals surface area (Å²) in [6, 6.07) is 5.12. The summed E-state index contributed by atoms with van der Waals surface area (Å²) in [5, 5.41) is 2.90. The summed E-state index contributed by atoms with van der Waals surface area (Å²) in [6.45, 7) is 4.49. The monoisotopic (exact) mass is 264 g/mol. The van der Waals surface area contributed by atoms with Crippen LogP contribution in [-0.4, -0.2) is 30.2 Å². The second-order valence-electron chi connectivity index (χ2n) is 4.94. The maximum absolute atomic E-state index is 11.7. The van der Waals surface area contributed by atoms with Gasteiger partial charge in [0, 0.05) is 43.8 Å². The molecule has 1 aromatic heterocycles. The van der Waals surface area contributed by atoms with Gasteiger partial charge in [-0.3, -0.25) is 9.59 Å². The van der Waals surface area contributed by atoms with Crippen molar-refractivity contribution in [2.24, 2.45) is 5.92 Å². The molecule has 0 aliphatic carbocycles. The van der Waals surface area contributed by atoms with Gasteiger partial charge in [0.25, 0.3) is 5.56 Å². The summed E-state index contributed by atoms with van der Waals surface area (Å²) in [5.41, 5.74) is 0.821. The number of amides is 1. The molecule has 1 aliphatic rings. The van der Waals surface area contributed by atoms with Crippen molar-refractivity contribution in [3.63, 3.8) is 0 Å². The highest BCUT2D eigenvalue weighted by Gasteiger charge is 2.16. The zero-order valence-corrected chi connectivity index (χ0v) is 11.2. The summed E-state index contributed by atoms with van der Waals surface area (Å²) in [4.78, 5) is 23.4. The summed E-state index contributed by atoms with van der Waals surface area (Å²) in [6.07, 6.45) is 1.34. The van der Waals surface area contributed by atoms with Crippen molar-refractivity contribution in [2.75, 3.05) is 19.8 Å². The molecule has 0 spiro atoms. The van der Waals surface area contributed by atoms with Crippen LogP contribution in [0.1, 0.15) is 18.5 Å². The Labute approximate surface area is 112 Å². The topological polar surface area (TPSA) is 60.3 Å². The predicted octanol–water partition coefficient (Wildman–Crippen LogP) is 0.700. The lowest BCUT2D eigenvalue weighted by molar-refractivity contribution is -0.121. The molecule has 0 bridgehead atoms. The molecule has 0 radical (unpaired) electrons. The first-order valence-electron chi connectivity index (χ1n) is 6.67. The molecule has 1 saturated heterocycles. The minimum atomic E-state index is -0.0583. The van der Waals surface area contributed by atoms with Gasteiger partial charge in [0.15, 0.2) is 0 Å². The van der Waals surface area contributed by atoms with Crippen molar-refractivity contribution in [1.29, 1.82) is 0 Å². The van der Waals surface area contributed by atoms with Crippen molar-refractivity contribution < 1.29 is 9.53 Å². The summed E-state index contributed by atoms with van der Waals surface area (Å²) >= 11 is 0. The molecule has 104 valence electrons. The van der Waals surface area contributed by atoms with E-state index in [1.165, 1.54) is 6.07 Å². The molecule has 1 aliphatic heterocycles. The molecule has 2 rings (SSSR count). The largest absolute Gasteiger partial charge is 0.381 e. The number of rotatable bonds is 5. The summed E-state index contributed by atoms with van der Waals surface area (Å²) in [5.74, 6) is 0.423. The third kappa shape index (κ3) is 3.92. The summed E-state index contributed by atoms with van der Waals surface area (Å²) in [7, 11) is 0. The average Bonchev–Trinajstić information content (AvgIpc) is 2.89. The number of hydrogen-bond acceptors (Lipinski definition) is 3. The van der Waals surface area contributed by atoms with E-state index in [1.807, 2.05) is 13.0 Å². The van der Waals surface area contributed by atoms with Crippen LogP contribution in [0.15, 0.2) is 23.0 Å². The second kappa shape index (κ2) is 6.52. The van der Waals surface area contributed by atoms with Crippen LogP contribution < -0.4 is 10.9 Å². The molecule has 1 aromatic rings. The van der Waals surface area contributed by atoms with E-state index < -0.39 is 0 Å². The zero-order chi connectivity index (χ0) is 13.7. The number of pyridine rings is 1. The number of nitrogens with zero attached hydrogens (tertiary/aromatic N) is 1. The Bertz CT molecular complexity index is 490. The Morgan fingerprint density at radius 3 is 3.05 bits per heavy atom. The number of carbonyl (C=O) groups is 1. The molecule has 5 heteroatoms. The molecule has 1 N–H and O–H groups in total. The second-order valence-corrected chi connectivity index (χ2v) is 4.94. The van der Waals surface area contributed by atoms with E-state index in [0.29, 0.717) is 25.4 Å². The molecule has 1 atom stereocenters. The minimum absolute atomic E-state index is 0.0120. The van der Waals surface area contributed by atoms with Crippen molar-refractivity contribution in [3.8, 4) is 0 Å². The number of aryl methyl sites for hydroxylation is 1. The first-order valence-corrected chi connectivity index (χ1v) is 6.67. The quantitative estimate of drug-likeness (QED) is 0.851.